The first-order valence-corrected chi connectivity index (χ1v) is 6.38. The van der Waals surface area contributed by atoms with Gasteiger partial charge in [-0.2, -0.15) is 0 Å². The third kappa shape index (κ3) is 1.67. The van der Waals surface area contributed by atoms with Crippen LogP contribution in [0.15, 0.2) is 22.0 Å². The van der Waals surface area contributed by atoms with Gasteiger partial charge in [0, 0.05) is 21.0 Å². The molecular weight excluding hydrogens is 319 g/mol. The van der Waals surface area contributed by atoms with Crippen LogP contribution in [0.4, 0.5) is 4.39 Å². The number of alkyl halides is 1. The van der Waals surface area contributed by atoms with Gasteiger partial charge in [-0.15, -0.1) is 11.3 Å². The predicted octanol–water partition coefficient (Wildman–Crippen LogP) is 4.70. The average Bonchev–Trinajstić information content (AvgIpc) is 2.45. The molecule has 0 fully saturated rings. The van der Waals surface area contributed by atoms with Crippen LogP contribution >= 0.6 is 43.2 Å². The number of rotatable bonds is 1. The molecule has 0 bridgehead atoms. The van der Waals surface area contributed by atoms with Crippen LogP contribution in [0.3, 0.4) is 0 Å². The molecule has 4 heteroatoms. The smallest absolute Gasteiger partial charge is 0.127 e. The molecule has 0 saturated heterocycles. The Bertz CT molecular complexity index is 450. The van der Waals surface area contributed by atoms with Gasteiger partial charge in [0.2, 0.25) is 0 Å². The topological polar surface area (TPSA) is 0 Å². The molecule has 0 unspecified atom stereocenters. The highest BCUT2D eigenvalue weighted by molar-refractivity contribution is 9.11. The molecule has 1 aromatic carbocycles. The molecule has 2 rings (SSSR count). The van der Waals surface area contributed by atoms with Gasteiger partial charge in [0.25, 0.3) is 0 Å². The minimum absolute atomic E-state index is 0.144. The van der Waals surface area contributed by atoms with Crippen molar-refractivity contribution in [1.29, 1.82) is 0 Å². The number of hydrogen-bond acceptors (Lipinski definition) is 1. The molecule has 0 saturated carbocycles. The lowest BCUT2D eigenvalue weighted by Crippen LogP contribution is -1.84. The van der Waals surface area contributed by atoms with Gasteiger partial charge in [0.15, 0.2) is 0 Å². The van der Waals surface area contributed by atoms with E-state index in [9.17, 15) is 4.39 Å². The normalized spacial score (nSPS) is 11.0. The molecule has 1 aromatic heterocycles. The lowest BCUT2D eigenvalue weighted by Gasteiger charge is -1.99. The van der Waals surface area contributed by atoms with E-state index in [1.807, 2.05) is 12.1 Å². The fourth-order valence-electron chi connectivity index (χ4n) is 1.25. The maximum absolute atomic E-state index is 13.3. The van der Waals surface area contributed by atoms with E-state index in [1.165, 1.54) is 6.07 Å². The number of hydrogen-bond donors (Lipinski definition) is 0. The highest BCUT2D eigenvalue weighted by Gasteiger charge is 2.08. The molecule has 2 aromatic rings. The van der Waals surface area contributed by atoms with Crippen molar-refractivity contribution in [3.05, 3.63) is 33.4 Å². The molecule has 0 nitrogen and oxygen atoms in total. The van der Waals surface area contributed by atoms with E-state index < -0.39 is 0 Å². The Morgan fingerprint density at radius 2 is 2.15 bits per heavy atom. The first kappa shape index (κ1) is 9.62. The first-order chi connectivity index (χ1) is 6.22. The van der Waals surface area contributed by atoms with Gasteiger partial charge in [0.1, 0.15) is 5.82 Å². The van der Waals surface area contributed by atoms with Crippen molar-refractivity contribution >= 4 is 53.3 Å². The zero-order chi connectivity index (χ0) is 9.42. The lowest BCUT2D eigenvalue weighted by molar-refractivity contribution is 0.620. The van der Waals surface area contributed by atoms with E-state index in [2.05, 4.69) is 31.9 Å². The fourth-order valence-corrected chi connectivity index (χ4v) is 3.38. The summed E-state index contributed by atoms with van der Waals surface area (Å²) in [5, 5.41) is 1.55. The van der Waals surface area contributed by atoms with E-state index >= 15 is 0 Å². The second-order valence-electron chi connectivity index (χ2n) is 2.62. The standard InChI is InChI=1S/C9H5Br2FS/c10-4-6-5-3-9(11)13-8(5)2-1-7(6)12/h1-3H,4H2. The molecule has 1 heterocycles. The van der Waals surface area contributed by atoms with Crippen LogP contribution in [0.25, 0.3) is 10.1 Å². The number of halogens is 3. The summed E-state index contributed by atoms with van der Waals surface area (Å²) < 4.78 is 15.4. The van der Waals surface area contributed by atoms with Crippen molar-refractivity contribution in [2.75, 3.05) is 0 Å². The quantitative estimate of drug-likeness (QED) is 0.667. The molecule has 0 spiro atoms. The van der Waals surface area contributed by atoms with Crippen molar-refractivity contribution in [2.24, 2.45) is 0 Å². The summed E-state index contributed by atoms with van der Waals surface area (Å²) in [5.41, 5.74) is 0.736. The summed E-state index contributed by atoms with van der Waals surface area (Å²) in [6.07, 6.45) is 0. The highest BCUT2D eigenvalue weighted by Crippen LogP contribution is 2.33. The van der Waals surface area contributed by atoms with Crippen molar-refractivity contribution in [3.63, 3.8) is 0 Å². The maximum atomic E-state index is 13.3. The van der Waals surface area contributed by atoms with Crippen molar-refractivity contribution in [2.45, 2.75) is 5.33 Å². The number of fused-ring (bicyclic) bond motifs is 1. The fraction of sp³-hybridized carbons (Fsp3) is 0.111. The minimum atomic E-state index is -0.144. The molecule has 0 radical (unpaired) electrons. The summed E-state index contributed by atoms with van der Waals surface area (Å²) >= 11 is 8.30. The van der Waals surface area contributed by atoms with Gasteiger partial charge in [-0.25, -0.2) is 4.39 Å². The molecule has 68 valence electrons. The number of thiophene rings is 1. The van der Waals surface area contributed by atoms with Crippen LogP contribution in [0, 0.1) is 5.82 Å². The second kappa shape index (κ2) is 3.67. The second-order valence-corrected chi connectivity index (χ2v) is 5.65. The zero-order valence-corrected chi connectivity index (χ0v) is 10.5. The Hall–Kier alpha value is 0.0700. The Morgan fingerprint density at radius 1 is 1.38 bits per heavy atom. The van der Waals surface area contributed by atoms with Gasteiger partial charge in [-0.3, -0.25) is 0 Å². The SMILES string of the molecule is Fc1ccc2sc(Br)cc2c1CBr. The van der Waals surface area contributed by atoms with E-state index in [0.29, 0.717) is 5.33 Å². The van der Waals surface area contributed by atoms with Crippen LogP contribution in [-0.4, -0.2) is 0 Å². The highest BCUT2D eigenvalue weighted by atomic mass is 79.9. The van der Waals surface area contributed by atoms with Crippen LogP contribution in [0.2, 0.25) is 0 Å². The van der Waals surface area contributed by atoms with E-state index in [0.717, 1.165) is 19.4 Å². The van der Waals surface area contributed by atoms with Crippen LogP contribution in [0.1, 0.15) is 5.56 Å². The largest absolute Gasteiger partial charge is 0.207 e. The first-order valence-electron chi connectivity index (χ1n) is 3.65. The monoisotopic (exact) mass is 322 g/mol. The van der Waals surface area contributed by atoms with E-state index in [4.69, 9.17) is 0 Å². The van der Waals surface area contributed by atoms with E-state index in [1.54, 1.807) is 11.3 Å². The summed E-state index contributed by atoms with van der Waals surface area (Å²) in [5.74, 6) is -0.144. The molecule has 0 aliphatic rings. The van der Waals surface area contributed by atoms with Gasteiger partial charge in [-0.05, 0) is 34.1 Å². The minimum Gasteiger partial charge on any atom is -0.207 e. The summed E-state index contributed by atoms with van der Waals surface area (Å²) in [6.45, 7) is 0. The average molecular weight is 324 g/mol. The van der Waals surface area contributed by atoms with Gasteiger partial charge in [-0.1, -0.05) is 15.9 Å². The predicted molar refractivity (Wildman–Crippen MR) is 62.1 cm³/mol. The van der Waals surface area contributed by atoms with Gasteiger partial charge in [0.05, 0.1) is 3.79 Å². The molecule has 0 amide bonds. The molecule has 0 atom stereocenters. The van der Waals surface area contributed by atoms with Crippen LogP contribution in [0.5, 0.6) is 0 Å². The molecule has 13 heavy (non-hydrogen) atoms. The Kier molecular flexibility index (Phi) is 2.72. The lowest BCUT2D eigenvalue weighted by atomic mass is 10.1. The summed E-state index contributed by atoms with van der Waals surface area (Å²) in [4.78, 5) is 0. The molecule has 0 N–H and O–H groups in total. The maximum Gasteiger partial charge on any atom is 0.127 e. The van der Waals surface area contributed by atoms with E-state index in [-0.39, 0.29) is 5.82 Å². The Morgan fingerprint density at radius 3 is 2.85 bits per heavy atom. The Labute approximate surface area is 96.0 Å². The third-order valence-corrected chi connectivity index (χ3v) is 4.02. The van der Waals surface area contributed by atoms with Crippen LogP contribution < -0.4 is 0 Å². The third-order valence-electron chi connectivity index (χ3n) is 1.86. The van der Waals surface area contributed by atoms with Gasteiger partial charge >= 0.3 is 0 Å². The molecule has 0 aliphatic heterocycles. The van der Waals surface area contributed by atoms with Crippen molar-refractivity contribution in [3.8, 4) is 0 Å². The Balaban J connectivity index is 2.82. The molecular formula is C9H5Br2FS. The van der Waals surface area contributed by atoms with Gasteiger partial charge < -0.3 is 0 Å². The van der Waals surface area contributed by atoms with Crippen molar-refractivity contribution < 1.29 is 4.39 Å². The summed E-state index contributed by atoms with van der Waals surface area (Å²) in [7, 11) is 0. The molecule has 0 aliphatic carbocycles. The number of benzene rings is 1. The van der Waals surface area contributed by atoms with Crippen molar-refractivity contribution in [1.82, 2.24) is 0 Å². The zero-order valence-electron chi connectivity index (χ0n) is 6.48. The summed E-state index contributed by atoms with van der Waals surface area (Å²) in [6, 6.07) is 5.29. The van der Waals surface area contributed by atoms with Crippen LogP contribution in [-0.2, 0) is 5.33 Å².